The molecule has 2 rings (SSSR count). The van der Waals surface area contributed by atoms with E-state index in [-0.39, 0.29) is 11.6 Å². The van der Waals surface area contributed by atoms with Crippen molar-refractivity contribution in [3.63, 3.8) is 0 Å². The number of ether oxygens (including phenoxy) is 2. The summed E-state index contributed by atoms with van der Waals surface area (Å²) in [5.41, 5.74) is 1.04. The van der Waals surface area contributed by atoms with Crippen molar-refractivity contribution in [2.75, 3.05) is 26.9 Å². The van der Waals surface area contributed by atoms with Crippen molar-refractivity contribution in [1.29, 1.82) is 0 Å². The number of hydrogen-bond acceptors (Lipinski definition) is 3. The molecule has 1 N–H and O–H groups in total. The predicted octanol–water partition coefficient (Wildman–Crippen LogP) is 3.58. The third kappa shape index (κ3) is 3.53. The molecule has 0 bridgehead atoms. The minimum atomic E-state index is -0.193. The van der Waals surface area contributed by atoms with Crippen LogP contribution < -0.4 is 5.32 Å². The normalized spacial score (nSPS) is 19.8. The first-order valence-corrected chi connectivity index (χ1v) is 7.71. The topological polar surface area (TPSA) is 30.5 Å². The average molecular weight is 298 g/mol. The highest BCUT2D eigenvalue weighted by atomic mass is 35.5. The Morgan fingerprint density at radius 1 is 1.30 bits per heavy atom. The first kappa shape index (κ1) is 15.8. The second kappa shape index (κ2) is 7.41. The van der Waals surface area contributed by atoms with Gasteiger partial charge in [0.25, 0.3) is 0 Å². The van der Waals surface area contributed by atoms with Crippen LogP contribution in [0.4, 0.5) is 0 Å². The summed E-state index contributed by atoms with van der Waals surface area (Å²) in [6.07, 6.45) is 2.92. The Balaban J connectivity index is 2.27. The largest absolute Gasteiger partial charge is 0.381 e. The fourth-order valence-electron chi connectivity index (χ4n) is 2.88. The van der Waals surface area contributed by atoms with E-state index in [4.69, 9.17) is 21.1 Å². The molecule has 4 heteroatoms. The van der Waals surface area contributed by atoms with E-state index in [9.17, 15) is 0 Å². The lowest BCUT2D eigenvalue weighted by Gasteiger charge is -2.43. The average Bonchev–Trinajstić information content (AvgIpc) is 2.50. The smallest absolute Gasteiger partial charge is 0.0916 e. The maximum Gasteiger partial charge on any atom is 0.0916 e. The monoisotopic (exact) mass is 297 g/mol. The van der Waals surface area contributed by atoms with Gasteiger partial charge < -0.3 is 14.8 Å². The van der Waals surface area contributed by atoms with Crippen molar-refractivity contribution in [3.05, 3.63) is 34.9 Å². The van der Waals surface area contributed by atoms with Gasteiger partial charge in [0.15, 0.2) is 0 Å². The van der Waals surface area contributed by atoms with Crippen LogP contribution in [0.5, 0.6) is 0 Å². The lowest BCUT2D eigenvalue weighted by molar-refractivity contribution is -0.111. The van der Waals surface area contributed by atoms with Gasteiger partial charge in [-0.1, -0.05) is 30.7 Å². The maximum absolute atomic E-state index is 6.00. The van der Waals surface area contributed by atoms with E-state index >= 15 is 0 Å². The lowest BCUT2D eigenvalue weighted by atomic mass is 9.82. The zero-order valence-corrected chi connectivity index (χ0v) is 13.1. The Hall–Kier alpha value is -0.610. The molecule has 1 aliphatic heterocycles. The molecule has 1 saturated heterocycles. The molecule has 0 amide bonds. The van der Waals surface area contributed by atoms with Crippen LogP contribution in [0.2, 0.25) is 5.02 Å². The predicted molar refractivity (Wildman–Crippen MR) is 82.3 cm³/mol. The molecule has 0 aliphatic carbocycles. The van der Waals surface area contributed by atoms with Gasteiger partial charge in [0, 0.05) is 38.2 Å². The number of nitrogens with one attached hydrogen (secondary N) is 1. The first-order valence-electron chi connectivity index (χ1n) is 7.33. The van der Waals surface area contributed by atoms with E-state index in [1.54, 1.807) is 0 Å². The number of methoxy groups -OCH3 is 1. The molecule has 1 aliphatic rings. The molecule has 1 unspecified atom stereocenters. The van der Waals surface area contributed by atoms with Gasteiger partial charge in [0.2, 0.25) is 0 Å². The molecule has 1 heterocycles. The van der Waals surface area contributed by atoms with E-state index in [2.05, 4.69) is 24.4 Å². The Morgan fingerprint density at radius 2 is 1.95 bits per heavy atom. The Labute approximate surface area is 126 Å². The minimum Gasteiger partial charge on any atom is -0.381 e. The van der Waals surface area contributed by atoms with E-state index < -0.39 is 0 Å². The molecule has 1 atom stereocenters. The zero-order valence-electron chi connectivity index (χ0n) is 12.3. The van der Waals surface area contributed by atoms with Gasteiger partial charge in [-0.3, -0.25) is 0 Å². The van der Waals surface area contributed by atoms with Crippen molar-refractivity contribution >= 4 is 11.6 Å². The van der Waals surface area contributed by atoms with E-state index in [1.165, 1.54) is 5.56 Å². The van der Waals surface area contributed by atoms with Crippen LogP contribution in [0.15, 0.2) is 24.3 Å². The second-order valence-corrected chi connectivity index (χ2v) is 5.76. The Kier molecular flexibility index (Phi) is 5.85. The van der Waals surface area contributed by atoms with Gasteiger partial charge in [-0.25, -0.2) is 0 Å². The van der Waals surface area contributed by atoms with Gasteiger partial charge in [0.1, 0.15) is 0 Å². The minimum absolute atomic E-state index is 0.175. The highest BCUT2D eigenvalue weighted by Crippen LogP contribution is 2.37. The molecular formula is C16H24ClNO2. The van der Waals surface area contributed by atoms with Crippen molar-refractivity contribution in [2.24, 2.45) is 0 Å². The number of hydrogen-bond donors (Lipinski definition) is 1. The Morgan fingerprint density at radius 3 is 2.50 bits per heavy atom. The molecule has 1 aromatic carbocycles. The van der Waals surface area contributed by atoms with Crippen LogP contribution in [0.1, 0.15) is 37.8 Å². The van der Waals surface area contributed by atoms with Crippen LogP contribution in [0.3, 0.4) is 0 Å². The second-order valence-electron chi connectivity index (χ2n) is 5.32. The molecule has 0 aromatic heterocycles. The molecule has 0 saturated carbocycles. The van der Waals surface area contributed by atoms with Gasteiger partial charge in [-0.15, -0.1) is 0 Å². The molecular weight excluding hydrogens is 274 g/mol. The van der Waals surface area contributed by atoms with Gasteiger partial charge >= 0.3 is 0 Å². The fourth-order valence-corrected chi connectivity index (χ4v) is 3.01. The lowest BCUT2D eigenvalue weighted by Crippen LogP contribution is -2.49. The van der Waals surface area contributed by atoms with E-state index in [0.717, 1.165) is 44.0 Å². The summed E-state index contributed by atoms with van der Waals surface area (Å²) >= 11 is 6.00. The highest BCUT2D eigenvalue weighted by Gasteiger charge is 2.41. The quantitative estimate of drug-likeness (QED) is 0.870. The molecule has 3 nitrogen and oxygen atoms in total. The summed E-state index contributed by atoms with van der Waals surface area (Å²) in [6.45, 7) is 4.66. The van der Waals surface area contributed by atoms with Crippen LogP contribution in [-0.4, -0.2) is 32.5 Å². The zero-order chi connectivity index (χ0) is 14.4. The summed E-state index contributed by atoms with van der Waals surface area (Å²) in [7, 11) is 1.81. The maximum atomic E-state index is 6.00. The standard InChI is InChI=1S/C16H24ClNO2/c1-3-10-18-15(13-4-6-14(17)7-5-13)16(19-2)8-11-20-12-9-16/h4-7,15,18H,3,8-12H2,1-2H3. The van der Waals surface area contributed by atoms with Gasteiger partial charge in [-0.05, 0) is 30.7 Å². The van der Waals surface area contributed by atoms with Crippen LogP contribution in [-0.2, 0) is 9.47 Å². The summed E-state index contributed by atoms with van der Waals surface area (Å²) in [5.74, 6) is 0. The molecule has 1 fully saturated rings. The number of halogens is 1. The van der Waals surface area contributed by atoms with Crippen molar-refractivity contribution in [1.82, 2.24) is 5.32 Å². The number of rotatable bonds is 6. The van der Waals surface area contributed by atoms with E-state index in [1.807, 2.05) is 19.2 Å². The molecule has 1 aromatic rings. The third-order valence-corrected chi connectivity index (χ3v) is 4.33. The summed E-state index contributed by atoms with van der Waals surface area (Å²) in [6, 6.07) is 8.24. The number of benzene rings is 1. The molecule has 0 spiro atoms. The molecule has 20 heavy (non-hydrogen) atoms. The summed E-state index contributed by atoms with van der Waals surface area (Å²) < 4.78 is 11.5. The van der Waals surface area contributed by atoms with Crippen LogP contribution in [0.25, 0.3) is 0 Å². The molecule has 112 valence electrons. The third-order valence-electron chi connectivity index (χ3n) is 4.07. The Bertz CT molecular complexity index is 401. The molecule has 0 radical (unpaired) electrons. The highest BCUT2D eigenvalue weighted by molar-refractivity contribution is 6.30. The van der Waals surface area contributed by atoms with E-state index in [0.29, 0.717) is 0 Å². The first-order chi connectivity index (χ1) is 9.72. The van der Waals surface area contributed by atoms with Crippen LogP contribution >= 0.6 is 11.6 Å². The van der Waals surface area contributed by atoms with Gasteiger partial charge in [-0.2, -0.15) is 0 Å². The summed E-state index contributed by atoms with van der Waals surface area (Å²) in [4.78, 5) is 0. The SMILES string of the molecule is CCCNC(c1ccc(Cl)cc1)C1(OC)CCOCC1. The van der Waals surface area contributed by atoms with Crippen molar-refractivity contribution < 1.29 is 9.47 Å². The fraction of sp³-hybridized carbons (Fsp3) is 0.625. The van der Waals surface area contributed by atoms with Crippen molar-refractivity contribution in [3.8, 4) is 0 Å². The van der Waals surface area contributed by atoms with Crippen LogP contribution in [0, 0.1) is 0 Å². The van der Waals surface area contributed by atoms with Crippen molar-refractivity contribution in [2.45, 2.75) is 37.8 Å². The summed E-state index contributed by atoms with van der Waals surface area (Å²) in [5, 5.41) is 4.41. The van der Waals surface area contributed by atoms with Gasteiger partial charge in [0.05, 0.1) is 11.6 Å².